The highest BCUT2D eigenvalue weighted by atomic mass is 16.4. The standard InChI is InChI=1S/C16H28N2O3/c1-4-16(14(19)20)10-5-11-18(16)15(21)17(3)13-8-6-12(2)7-9-13/h12-13H,4-11H2,1-3H3,(H,19,20). The largest absolute Gasteiger partial charge is 0.479 e. The van der Waals surface area contributed by atoms with Crippen LogP contribution in [-0.2, 0) is 4.79 Å². The van der Waals surface area contributed by atoms with Gasteiger partial charge in [-0.25, -0.2) is 9.59 Å². The summed E-state index contributed by atoms with van der Waals surface area (Å²) in [5.74, 6) is -0.119. The van der Waals surface area contributed by atoms with Gasteiger partial charge in [0.05, 0.1) is 0 Å². The number of nitrogens with zero attached hydrogens (tertiary/aromatic N) is 2. The normalized spacial score (nSPS) is 33.0. The van der Waals surface area contributed by atoms with Crippen LogP contribution in [0.5, 0.6) is 0 Å². The molecule has 1 aliphatic carbocycles. The van der Waals surface area contributed by atoms with Crippen LogP contribution in [0, 0.1) is 5.92 Å². The Labute approximate surface area is 127 Å². The van der Waals surface area contributed by atoms with Gasteiger partial charge in [0.15, 0.2) is 0 Å². The van der Waals surface area contributed by atoms with Gasteiger partial charge >= 0.3 is 12.0 Å². The van der Waals surface area contributed by atoms with Crippen molar-refractivity contribution >= 4 is 12.0 Å². The second-order valence-corrected chi connectivity index (χ2v) is 6.75. The van der Waals surface area contributed by atoms with Crippen molar-refractivity contribution in [2.75, 3.05) is 13.6 Å². The monoisotopic (exact) mass is 296 g/mol. The number of hydrogen-bond donors (Lipinski definition) is 1. The zero-order valence-electron chi connectivity index (χ0n) is 13.5. The van der Waals surface area contributed by atoms with Crippen molar-refractivity contribution in [3.8, 4) is 0 Å². The van der Waals surface area contributed by atoms with E-state index in [0.29, 0.717) is 19.4 Å². The van der Waals surface area contributed by atoms with E-state index in [4.69, 9.17) is 0 Å². The van der Waals surface area contributed by atoms with Gasteiger partial charge in [0, 0.05) is 19.6 Å². The third-order valence-corrected chi connectivity index (χ3v) is 5.54. The molecule has 1 aliphatic heterocycles. The van der Waals surface area contributed by atoms with Crippen LogP contribution >= 0.6 is 0 Å². The minimum absolute atomic E-state index is 0.101. The zero-order chi connectivity index (χ0) is 15.6. The minimum Gasteiger partial charge on any atom is -0.479 e. The van der Waals surface area contributed by atoms with E-state index in [1.54, 1.807) is 9.80 Å². The summed E-state index contributed by atoms with van der Waals surface area (Å²) in [6, 6.07) is 0.161. The van der Waals surface area contributed by atoms with Gasteiger partial charge < -0.3 is 14.9 Å². The molecule has 0 aromatic carbocycles. The summed E-state index contributed by atoms with van der Waals surface area (Å²) in [7, 11) is 1.84. The molecule has 21 heavy (non-hydrogen) atoms. The third kappa shape index (κ3) is 2.87. The smallest absolute Gasteiger partial charge is 0.329 e. The minimum atomic E-state index is -0.993. The SMILES string of the molecule is CCC1(C(=O)O)CCCN1C(=O)N(C)C1CCC(C)CC1. The second kappa shape index (κ2) is 6.24. The Morgan fingerprint density at radius 1 is 1.29 bits per heavy atom. The molecule has 0 aromatic heterocycles. The van der Waals surface area contributed by atoms with Gasteiger partial charge in [0.25, 0.3) is 0 Å². The first-order chi connectivity index (χ1) is 9.92. The zero-order valence-corrected chi connectivity index (χ0v) is 13.5. The molecule has 1 saturated carbocycles. The first-order valence-electron chi connectivity index (χ1n) is 8.20. The summed E-state index contributed by atoms with van der Waals surface area (Å²) in [6.45, 7) is 4.68. The van der Waals surface area contributed by atoms with E-state index in [0.717, 1.165) is 38.0 Å². The lowest BCUT2D eigenvalue weighted by atomic mass is 9.87. The molecule has 0 aromatic rings. The summed E-state index contributed by atoms with van der Waals surface area (Å²) in [5.41, 5.74) is -0.993. The van der Waals surface area contributed by atoms with Crippen LogP contribution in [0.15, 0.2) is 0 Å². The summed E-state index contributed by atoms with van der Waals surface area (Å²) >= 11 is 0. The number of carboxylic acids is 1. The molecule has 2 rings (SSSR count). The van der Waals surface area contributed by atoms with E-state index < -0.39 is 11.5 Å². The number of rotatable bonds is 3. The number of carbonyl (C=O) groups is 2. The van der Waals surface area contributed by atoms with Crippen molar-refractivity contribution in [3.63, 3.8) is 0 Å². The van der Waals surface area contributed by atoms with Crippen molar-refractivity contribution in [3.05, 3.63) is 0 Å². The fourth-order valence-corrected chi connectivity index (χ4v) is 3.87. The van der Waals surface area contributed by atoms with Gasteiger partial charge in [0.2, 0.25) is 0 Å². The second-order valence-electron chi connectivity index (χ2n) is 6.75. The van der Waals surface area contributed by atoms with E-state index in [1.807, 2.05) is 14.0 Å². The summed E-state index contributed by atoms with van der Waals surface area (Å²) in [4.78, 5) is 27.9. The molecule has 0 spiro atoms. The van der Waals surface area contributed by atoms with Crippen molar-refractivity contribution in [1.82, 2.24) is 9.80 Å². The summed E-state index contributed by atoms with van der Waals surface area (Å²) < 4.78 is 0. The molecule has 1 atom stereocenters. The van der Waals surface area contributed by atoms with Crippen LogP contribution in [0.4, 0.5) is 4.79 Å². The van der Waals surface area contributed by atoms with Crippen LogP contribution in [0.1, 0.15) is 58.8 Å². The molecule has 5 nitrogen and oxygen atoms in total. The molecular formula is C16H28N2O3. The average Bonchev–Trinajstić information content (AvgIpc) is 2.91. The maximum atomic E-state index is 12.8. The molecule has 0 bridgehead atoms. The summed E-state index contributed by atoms with van der Waals surface area (Å²) in [6.07, 6.45) is 6.19. The average molecular weight is 296 g/mol. The Hall–Kier alpha value is -1.26. The fraction of sp³-hybridized carbons (Fsp3) is 0.875. The van der Waals surface area contributed by atoms with Gasteiger partial charge in [-0.2, -0.15) is 0 Å². The van der Waals surface area contributed by atoms with Crippen LogP contribution in [0.2, 0.25) is 0 Å². The number of amides is 2. The molecule has 0 radical (unpaired) electrons. The number of urea groups is 1. The summed E-state index contributed by atoms with van der Waals surface area (Å²) in [5, 5.41) is 9.60. The molecule has 1 N–H and O–H groups in total. The molecule has 120 valence electrons. The number of carbonyl (C=O) groups excluding carboxylic acids is 1. The fourth-order valence-electron chi connectivity index (χ4n) is 3.87. The molecule has 5 heteroatoms. The number of hydrogen-bond acceptors (Lipinski definition) is 2. The van der Waals surface area contributed by atoms with Crippen molar-refractivity contribution in [2.45, 2.75) is 70.4 Å². The predicted octanol–water partition coefficient (Wildman–Crippen LogP) is 2.95. The van der Waals surface area contributed by atoms with Gasteiger partial charge in [-0.15, -0.1) is 0 Å². The van der Waals surface area contributed by atoms with E-state index in [1.165, 1.54) is 0 Å². The topological polar surface area (TPSA) is 60.9 Å². The lowest BCUT2D eigenvalue weighted by molar-refractivity contribution is -0.148. The Balaban J connectivity index is 2.09. The molecule has 1 heterocycles. The third-order valence-electron chi connectivity index (χ3n) is 5.54. The maximum Gasteiger partial charge on any atom is 0.329 e. The first kappa shape index (κ1) is 16.1. The highest BCUT2D eigenvalue weighted by Gasteiger charge is 2.49. The lowest BCUT2D eigenvalue weighted by Gasteiger charge is -2.40. The molecule has 2 fully saturated rings. The van der Waals surface area contributed by atoms with Crippen LogP contribution in [-0.4, -0.2) is 52.1 Å². The Morgan fingerprint density at radius 3 is 2.43 bits per heavy atom. The van der Waals surface area contributed by atoms with Gasteiger partial charge in [-0.1, -0.05) is 13.8 Å². The highest BCUT2D eigenvalue weighted by molar-refractivity contribution is 5.87. The van der Waals surface area contributed by atoms with Crippen LogP contribution in [0.3, 0.4) is 0 Å². The highest BCUT2D eigenvalue weighted by Crippen LogP contribution is 2.35. The Bertz CT molecular complexity index is 404. The number of likely N-dealkylation sites (tertiary alicyclic amines) is 1. The van der Waals surface area contributed by atoms with Crippen molar-refractivity contribution in [2.24, 2.45) is 5.92 Å². The number of aliphatic carboxylic acids is 1. The predicted molar refractivity (Wildman–Crippen MR) is 81.2 cm³/mol. The van der Waals surface area contributed by atoms with Crippen molar-refractivity contribution in [1.29, 1.82) is 0 Å². The first-order valence-corrected chi connectivity index (χ1v) is 8.20. The van der Waals surface area contributed by atoms with Crippen LogP contribution < -0.4 is 0 Å². The number of carboxylic acid groups (broad SMARTS) is 1. The molecular weight excluding hydrogens is 268 g/mol. The van der Waals surface area contributed by atoms with E-state index in [-0.39, 0.29) is 12.1 Å². The van der Waals surface area contributed by atoms with Gasteiger partial charge in [-0.3, -0.25) is 0 Å². The van der Waals surface area contributed by atoms with E-state index in [2.05, 4.69) is 6.92 Å². The van der Waals surface area contributed by atoms with Crippen LogP contribution in [0.25, 0.3) is 0 Å². The van der Waals surface area contributed by atoms with Gasteiger partial charge in [-0.05, 0) is 50.9 Å². The molecule has 2 amide bonds. The Morgan fingerprint density at radius 2 is 1.90 bits per heavy atom. The van der Waals surface area contributed by atoms with Crippen molar-refractivity contribution < 1.29 is 14.7 Å². The van der Waals surface area contributed by atoms with E-state index in [9.17, 15) is 14.7 Å². The van der Waals surface area contributed by atoms with E-state index >= 15 is 0 Å². The maximum absolute atomic E-state index is 12.8. The molecule has 2 aliphatic rings. The lowest BCUT2D eigenvalue weighted by Crippen LogP contribution is -2.57. The Kier molecular flexibility index (Phi) is 4.79. The molecule has 1 saturated heterocycles. The quantitative estimate of drug-likeness (QED) is 0.871. The molecule has 1 unspecified atom stereocenters. The van der Waals surface area contributed by atoms with Gasteiger partial charge in [0.1, 0.15) is 5.54 Å².